The van der Waals surface area contributed by atoms with Gasteiger partial charge in [0, 0.05) is 31.9 Å². The maximum absolute atomic E-state index is 13.2. The summed E-state index contributed by atoms with van der Waals surface area (Å²) in [5, 5.41) is 0.430. The van der Waals surface area contributed by atoms with Crippen LogP contribution in [0.5, 0.6) is 0 Å². The topological polar surface area (TPSA) is 64.4 Å². The van der Waals surface area contributed by atoms with Gasteiger partial charge in [0.15, 0.2) is 0 Å². The van der Waals surface area contributed by atoms with Crippen molar-refractivity contribution < 1.29 is 14.3 Å². The molecular formula is C20H22ClN3O3. The van der Waals surface area contributed by atoms with Crippen LogP contribution in [0.4, 0.5) is 5.82 Å². The number of pyridine rings is 1. The van der Waals surface area contributed by atoms with Gasteiger partial charge in [-0.15, -0.1) is 0 Å². The highest BCUT2D eigenvalue weighted by atomic mass is 35.5. The molecule has 2 aromatic heterocycles. The number of halogens is 1. The van der Waals surface area contributed by atoms with Crippen molar-refractivity contribution in [3.8, 4) is 0 Å². The van der Waals surface area contributed by atoms with E-state index in [0.29, 0.717) is 35.2 Å². The lowest BCUT2D eigenvalue weighted by atomic mass is 9.90. The Bertz CT molecular complexity index is 948. The van der Waals surface area contributed by atoms with Crippen LogP contribution >= 0.6 is 11.6 Å². The minimum atomic E-state index is -0.404. The van der Waals surface area contributed by atoms with Crippen molar-refractivity contribution in [2.45, 2.75) is 46.8 Å². The third-order valence-electron chi connectivity index (χ3n) is 5.28. The molecule has 0 unspecified atom stereocenters. The number of anilines is 1. The van der Waals surface area contributed by atoms with Crippen molar-refractivity contribution in [1.82, 2.24) is 9.55 Å². The van der Waals surface area contributed by atoms with Gasteiger partial charge in [0.1, 0.15) is 18.1 Å². The van der Waals surface area contributed by atoms with Crippen LogP contribution in [-0.2, 0) is 35.5 Å². The lowest BCUT2D eigenvalue weighted by Gasteiger charge is -2.30. The number of hydrogen-bond donors (Lipinski definition) is 0. The molecule has 1 aliphatic carbocycles. The highest BCUT2D eigenvalue weighted by molar-refractivity contribution is 6.31. The third kappa shape index (κ3) is 3.12. The Hall–Kier alpha value is -2.34. The van der Waals surface area contributed by atoms with Crippen molar-refractivity contribution in [3.63, 3.8) is 0 Å². The second-order valence-electron chi connectivity index (χ2n) is 8.00. The third-order valence-corrected chi connectivity index (χ3v) is 5.63. The standard InChI is InChI=1S/C20H22ClN3O3/c1-12(25)27-11-14-15(21)4-5-22-18(14)24-7-6-23-16(19(24)26)8-13-9-20(2,3)10-17(13)23/h4-5,8H,6-7,9-11H2,1-3H3. The molecule has 7 heteroatoms. The van der Waals surface area contributed by atoms with Crippen LogP contribution in [0.3, 0.4) is 0 Å². The zero-order chi connectivity index (χ0) is 19.3. The van der Waals surface area contributed by atoms with Gasteiger partial charge < -0.3 is 9.30 Å². The summed E-state index contributed by atoms with van der Waals surface area (Å²) in [6, 6.07) is 3.66. The average molecular weight is 388 g/mol. The van der Waals surface area contributed by atoms with Gasteiger partial charge in [-0.1, -0.05) is 25.4 Å². The summed E-state index contributed by atoms with van der Waals surface area (Å²) in [5.74, 6) is -0.0345. The number of ether oxygens (including phenoxy) is 1. The Balaban J connectivity index is 1.68. The highest BCUT2D eigenvalue weighted by Gasteiger charge is 2.37. The number of carbonyl (C=O) groups excluding carboxylic acids is 2. The van der Waals surface area contributed by atoms with E-state index in [1.54, 1.807) is 17.2 Å². The molecule has 0 N–H and O–H groups in total. The van der Waals surface area contributed by atoms with Gasteiger partial charge in [-0.25, -0.2) is 4.98 Å². The zero-order valence-electron chi connectivity index (χ0n) is 15.7. The van der Waals surface area contributed by atoms with Gasteiger partial charge in [0.25, 0.3) is 5.91 Å². The molecular weight excluding hydrogens is 366 g/mol. The minimum Gasteiger partial charge on any atom is -0.461 e. The van der Waals surface area contributed by atoms with E-state index in [1.165, 1.54) is 18.2 Å². The second kappa shape index (κ2) is 6.37. The van der Waals surface area contributed by atoms with Gasteiger partial charge >= 0.3 is 5.97 Å². The molecule has 2 aliphatic rings. The number of hydrogen-bond acceptors (Lipinski definition) is 4. The predicted octanol–water partition coefficient (Wildman–Crippen LogP) is 3.38. The smallest absolute Gasteiger partial charge is 0.302 e. The number of carbonyl (C=O) groups is 2. The number of nitrogens with zero attached hydrogens (tertiary/aromatic N) is 3. The molecule has 0 bridgehead atoms. The van der Waals surface area contributed by atoms with E-state index in [1.807, 2.05) is 6.07 Å². The van der Waals surface area contributed by atoms with Gasteiger partial charge in [-0.3, -0.25) is 14.5 Å². The van der Waals surface area contributed by atoms with Gasteiger partial charge in [0.05, 0.1) is 10.6 Å². The summed E-state index contributed by atoms with van der Waals surface area (Å²) in [5.41, 5.74) is 4.04. The van der Waals surface area contributed by atoms with Gasteiger partial charge in [-0.2, -0.15) is 0 Å². The fraction of sp³-hybridized carbons (Fsp3) is 0.450. The fourth-order valence-corrected chi connectivity index (χ4v) is 4.31. The molecule has 6 nitrogen and oxygen atoms in total. The van der Waals surface area contributed by atoms with Crippen molar-refractivity contribution in [3.05, 3.63) is 45.9 Å². The SMILES string of the molecule is CC(=O)OCc1c(Cl)ccnc1N1CCn2c(cc3c2CC(C)(C)C3)C1=O. The van der Waals surface area contributed by atoms with E-state index in [2.05, 4.69) is 23.4 Å². The Morgan fingerprint density at radius 2 is 2.11 bits per heavy atom. The normalized spacial score (nSPS) is 17.6. The summed E-state index contributed by atoms with van der Waals surface area (Å²) in [6.45, 7) is 7.07. The lowest BCUT2D eigenvalue weighted by molar-refractivity contribution is -0.142. The van der Waals surface area contributed by atoms with Crippen LogP contribution in [0, 0.1) is 5.41 Å². The number of esters is 1. The second-order valence-corrected chi connectivity index (χ2v) is 8.41. The summed E-state index contributed by atoms with van der Waals surface area (Å²) < 4.78 is 7.26. The maximum Gasteiger partial charge on any atom is 0.302 e. The van der Waals surface area contributed by atoms with Crippen LogP contribution in [0.15, 0.2) is 18.3 Å². The van der Waals surface area contributed by atoms with Crippen LogP contribution < -0.4 is 4.90 Å². The first-order valence-electron chi connectivity index (χ1n) is 9.07. The molecule has 0 aromatic carbocycles. The summed E-state index contributed by atoms with van der Waals surface area (Å²) >= 11 is 6.30. The molecule has 0 atom stereocenters. The molecule has 1 amide bonds. The number of rotatable bonds is 3. The molecule has 0 spiro atoms. The summed E-state index contributed by atoms with van der Waals surface area (Å²) in [7, 11) is 0. The average Bonchev–Trinajstić information content (AvgIpc) is 3.06. The Labute approximate surface area is 163 Å². The molecule has 0 saturated heterocycles. The van der Waals surface area contributed by atoms with E-state index < -0.39 is 5.97 Å². The minimum absolute atomic E-state index is 0.00712. The lowest BCUT2D eigenvalue weighted by Crippen LogP contribution is -2.41. The number of amides is 1. The van der Waals surface area contributed by atoms with Crippen LogP contribution in [-0.4, -0.2) is 28.0 Å². The molecule has 0 radical (unpaired) electrons. The van der Waals surface area contributed by atoms with Gasteiger partial charge in [-0.05, 0) is 36.0 Å². The largest absolute Gasteiger partial charge is 0.461 e. The Morgan fingerprint density at radius 3 is 2.85 bits per heavy atom. The molecule has 142 valence electrons. The predicted molar refractivity (Wildman–Crippen MR) is 102 cm³/mol. The van der Waals surface area contributed by atoms with E-state index in [0.717, 1.165) is 12.8 Å². The first-order chi connectivity index (χ1) is 12.8. The first-order valence-corrected chi connectivity index (χ1v) is 9.44. The van der Waals surface area contributed by atoms with Gasteiger partial charge in [0.2, 0.25) is 0 Å². The summed E-state index contributed by atoms with van der Waals surface area (Å²) in [4.78, 5) is 30.4. The molecule has 4 rings (SSSR count). The molecule has 0 fully saturated rings. The number of fused-ring (bicyclic) bond motifs is 3. The van der Waals surface area contributed by atoms with E-state index >= 15 is 0 Å². The van der Waals surface area contributed by atoms with Crippen molar-refractivity contribution in [1.29, 1.82) is 0 Å². The molecule has 3 heterocycles. The summed E-state index contributed by atoms with van der Waals surface area (Å²) in [6.07, 6.45) is 3.55. The fourth-order valence-electron chi connectivity index (χ4n) is 4.11. The Morgan fingerprint density at radius 1 is 1.33 bits per heavy atom. The first kappa shape index (κ1) is 18.0. The van der Waals surface area contributed by atoms with Crippen molar-refractivity contribution >= 4 is 29.3 Å². The molecule has 27 heavy (non-hydrogen) atoms. The molecule has 1 aliphatic heterocycles. The van der Waals surface area contributed by atoms with Crippen LogP contribution in [0.25, 0.3) is 0 Å². The maximum atomic E-state index is 13.2. The van der Waals surface area contributed by atoms with Crippen molar-refractivity contribution in [2.24, 2.45) is 5.41 Å². The monoisotopic (exact) mass is 387 g/mol. The van der Waals surface area contributed by atoms with E-state index in [-0.39, 0.29) is 17.9 Å². The molecule has 2 aromatic rings. The number of aromatic nitrogens is 2. The van der Waals surface area contributed by atoms with Crippen molar-refractivity contribution in [2.75, 3.05) is 11.4 Å². The van der Waals surface area contributed by atoms with E-state index in [4.69, 9.17) is 16.3 Å². The quantitative estimate of drug-likeness (QED) is 0.757. The van der Waals surface area contributed by atoms with Crippen LogP contribution in [0.1, 0.15) is 48.1 Å². The van der Waals surface area contributed by atoms with E-state index in [9.17, 15) is 9.59 Å². The Kier molecular flexibility index (Phi) is 4.26. The zero-order valence-corrected chi connectivity index (χ0v) is 16.5. The van der Waals surface area contributed by atoms with Crippen LogP contribution in [0.2, 0.25) is 5.02 Å². The highest BCUT2D eigenvalue weighted by Crippen LogP contribution is 2.39. The molecule has 0 saturated carbocycles.